The van der Waals surface area contributed by atoms with Crippen LogP contribution in [0.4, 0.5) is 5.69 Å². The lowest BCUT2D eigenvalue weighted by Crippen LogP contribution is -2.17. The van der Waals surface area contributed by atoms with Crippen molar-refractivity contribution >= 4 is 15.5 Å². The lowest BCUT2D eigenvalue weighted by atomic mass is 10.0. The number of rotatable bonds is 8. The third kappa shape index (κ3) is 4.51. The Morgan fingerprint density at radius 3 is 2.53 bits per heavy atom. The van der Waals surface area contributed by atoms with E-state index in [1.165, 1.54) is 0 Å². The maximum atomic E-state index is 12.0. The average molecular weight is 285 g/mol. The zero-order chi connectivity index (χ0) is 14.3. The Morgan fingerprint density at radius 1 is 1.26 bits per heavy atom. The van der Waals surface area contributed by atoms with Crippen molar-refractivity contribution in [3.63, 3.8) is 0 Å². The molecule has 1 aromatic carbocycles. The summed E-state index contributed by atoms with van der Waals surface area (Å²) in [4.78, 5) is 0.358. The molecule has 0 fully saturated rings. The first kappa shape index (κ1) is 16.0. The molecule has 0 bridgehead atoms. The highest BCUT2D eigenvalue weighted by Gasteiger charge is 2.16. The molecule has 1 atom stereocenters. The molecule has 0 aliphatic heterocycles. The zero-order valence-electron chi connectivity index (χ0n) is 11.6. The van der Waals surface area contributed by atoms with Crippen molar-refractivity contribution in [3.8, 4) is 0 Å². The van der Waals surface area contributed by atoms with Crippen LogP contribution < -0.4 is 5.32 Å². The Balaban J connectivity index is 2.84. The van der Waals surface area contributed by atoms with Crippen LogP contribution in [0.15, 0.2) is 29.2 Å². The molecular weight excluding hydrogens is 262 g/mol. The molecule has 0 saturated carbocycles. The standard InChI is InChI=1S/C14H23NO3S/c1-3-12(9-10-16)11-15-13-7-5-6-8-14(13)19(17,18)4-2/h5-8,12,15-16H,3-4,9-11H2,1-2H3. The fourth-order valence-electron chi connectivity index (χ4n) is 1.93. The molecule has 2 N–H and O–H groups in total. The van der Waals surface area contributed by atoms with Crippen LogP contribution >= 0.6 is 0 Å². The van der Waals surface area contributed by atoms with Crippen LogP contribution in [0.25, 0.3) is 0 Å². The summed E-state index contributed by atoms with van der Waals surface area (Å²) in [6.07, 6.45) is 1.68. The number of anilines is 1. The van der Waals surface area contributed by atoms with Gasteiger partial charge in [0.15, 0.2) is 9.84 Å². The highest BCUT2D eigenvalue weighted by atomic mass is 32.2. The summed E-state index contributed by atoms with van der Waals surface area (Å²) in [6, 6.07) is 6.98. The lowest BCUT2D eigenvalue weighted by Gasteiger charge is -2.17. The van der Waals surface area contributed by atoms with Crippen LogP contribution in [-0.4, -0.2) is 32.4 Å². The van der Waals surface area contributed by atoms with Crippen LogP contribution in [0.3, 0.4) is 0 Å². The molecule has 4 nitrogen and oxygen atoms in total. The van der Waals surface area contributed by atoms with Gasteiger partial charge < -0.3 is 10.4 Å². The Hall–Kier alpha value is -1.07. The van der Waals surface area contributed by atoms with Crippen molar-refractivity contribution in [1.29, 1.82) is 0 Å². The van der Waals surface area contributed by atoms with Crippen LogP contribution in [0.1, 0.15) is 26.7 Å². The van der Waals surface area contributed by atoms with Crippen molar-refractivity contribution in [2.75, 3.05) is 24.2 Å². The van der Waals surface area contributed by atoms with Crippen LogP contribution in [0.5, 0.6) is 0 Å². The molecule has 108 valence electrons. The van der Waals surface area contributed by atoms with E-state index < -0.39 is 9.84 Å². The van der Waals surface area contributed by atoms with E-state index in [2.05, 4.69) is 12.2 Å². The molecule has 1 unspecified atom stereocenters. The van der Waals surface area contributed by atoms with Crippen molar-refractivity contribution in [2.24, 2.45) is 5.92 Å². The molecule has 0 amide bonds. The van der Waals surface area contributed by atoms with Gasteiger partial charge in [-0.25, -0.2) is 8.42 Å². The molecule has 5 heteroatoms. The molecule has 0 aliphatic rings. The van der Waals surface area contributed by atoms with Gasteiger partial charge in [0.05, 0.1) is 16.3 Å². The molecule has 1 rings (SSSR count). The van der Waals surface area contributed by atoms with Gasteiger partial charge in [-0.2, -0.15) is 0 Å². The second kappa shape index (κ2) is 7.50. The van der Waals surface area contributed by atoms with E-state index in [0.29, 0.717) is 23.0 Å². The number of aliphatic hydroxyl groups is 1. The van der Waals surface area contributed by atoms with Gasteiger partial charge in [0.1, 0.15) is 0 Å². The number of hydrogen-bond acceptors (Lipinski definition) is 4. The summed E-state index contributed by atoms with van der Waals surface area (Å²) < 4.78 is 24.0. The predicted octanol–water partition coefficient (Wildman–Crippen LogP) is 2.30. The normalized spacial score (nSPS) is 13.2. The number of sulfone groups is 1. The molecule has 19 heavy (non-hydrogen) atoms. The van der Waals surface area contributed by atoms with Crippen LogP contribution in [0, 0.1) is 5.92 Å². The summed E-state index contributed by atoms with van der Waals surface area (Å²) in [7, 11) is -3.21. The van der Waals surface area contributed by atoms with Gasteiger partial charge in [-0.1, -0.05) is 32.4 Å². The molecular formula is C14H23NO3S. The van der Waals surface area contributed by atoms with Gasteiger partial charge in [0, 0.05) is 13.2 Å². The Labute approximate surface area is 115 Å². The first-order valence-corrected chi connectivity index (χ1v) is 8.36. The molecule has 0 aliphatic carbocycles. The fraction of sp³-hybridized carbons (Fsp3) is 0.571. The maximum Gasteiger partial charge on any atom is 0.180 e. The minimum Gasteiger partial charge on any atom is -0.396 e. The molecule has 0 heterocycles. The molecule has 0 spiro atoms. The molecule has 0 radical (unpaired) electrons. The summed E-state index contributed by atoms with van der Waals surface area (Å²) >= 11 is 0. The SMILES string of the molecule is CCC(CCO)CNc1ccccc1S(=O)(=O)CC. The zero-order valence-corrected chi connectivity index (χ0v) is 12.4. The van der Waals surface area contributed by atoms with E-state index in [4.69, 9.17) is 5.11 Å². The van der Waals surface area contributed by atoms with E-state index in [0.717, 1.165) is 12.8 Å². The Morgan fingerprint density at radius 2 is 1.95 bits per heavy atom. The summed E-state index contributed by atoms with van der Waals surface area (Å²) in [6.45, 7) is 4.55. The molecule has 0 saturated heterocycles. The summed E-state index contributed by atoms with van der Waals surface area (Å²) in [5.41, 5.74) is 0.653. The number of nitrogens with one attached hydrogen (secondary N) is 1. The van der Waals surface area contributed by atoms with E-state index in [-0.39, 0.29) is 12.4 Å². The third-order valence-electron chi connectivity index (χ3n) is 3.30. The minimum atomic E-state index is -3.21. The van der Waals surface area contributed by atoms with Gasteiger partial charge in [-0.05, 0) is 24.5 Å². The summed E-state index contributed by atoms with van der Waals surface area (Å²) in [5, 5.41) is 12.2. The van der Waals surface area contributed by atoms with Crippen molar-refractivity contribution in [2.45, 2.75) is 31.6 Å². The van der Waals surface area contributed by atoms with Gasteiger partial charge in [-0.15, -0.1) is 0 Å². The summed E-state index contributed by atoms with van der Waals surface area (Å²) in [5.74, 6) is 0.446. The molecule has 1 aromatic rings. The lowest BCUT2D eigenvalue weighted by molar-refractivity contribution is 0.258. The van der Waals surface area contributed by atoms with Crippen molar-refractivity contribution in [1.82, 2.24) is 0 Å². The molecule has 0 aromatic heterocycles. The topological polar surface area (TPSA) is 66.4 Å². The van der Waals surface area contributed by atoms with Gasteiger partial charge in [0.25, 0.3) is 0 Å². The average Bonchev–Trinajstić information content (AvgIpc) is 2.43. The highest BCUT2D eigenvalue weighted by Crippen LogP contribution is 2.22. The monoisotopic (exact) mass is 285 g/mol. The van der Waals surface area contributed by atoms with E-state index in [1.807, 2.05) is 6.07 Å². The van der Waals surface area contributed by atoms with Gasteiger partial charge in [0.2, 0.25) is 0 Å². The number of aliphatic hydroxyl groups excluding tert-OH is 1. The van der Waals surface area contributed by atoms with E-state index in [9.17, 15) is 8.42 Å². The smallest absolute Gasteiger partial charge is 0.180 e. The highest BCUT2D eigenvalue weighted by molar-refractivity contribution is 7.91. The van der Waals surface area contributed by atoms with Gasteiger partial charge in [-0.3, -0.25) is 0 Å². The quantitative estimate of drug-likeness (QED) is 0.769. The number of benzene rings is 1. The largest absolute Gasteiger partial charge is 0.396 e. The van der Waals surface area contributed by atoms with Crippen LogP contribution in [-0.2, 0) is 9.84 Å². The second-order valence-corrected chi connectivity index (χ2v) is 6.81. The van der Waals surface area contributed by atoms with E-state index >= 15 is 0 Å². The third-order valence-corrected chi connectivity index (χ3v) is 5.08. The second-order valence-electron chi connectivity index (χ2n) is 4.57. The minimum absolute atomic E-state index is 0.0968. The van der Waals surface area contributed by atoms with Gasteiger partial charge >= 0.3 is 0 Å². The van der Waals surface area contributed by atoms with Crippen LogP contribution in [0.2, 0.25) is 0 Å². The number of hydrogen-bond donors (Lipinski definition) is 2. The fourth-order valence-corrected chi connectivity index (χ4v) is 3.00. The van der Waals surface area contributed by atoms with E-state index in [1.54, 1.807) is 25.1 Å². The predicted molar refractivity (Wildman–Crippen MR) is 78.1 cm³/mol. The first-order chi connectivity index (χ1) is 9.05. The maximum absolute atomic E-state index is 12.0. The Bertz CT molecular complexity index is 485. The van der Waals surface area contributed by atoms with Crippen molar-refractivity contribution in [3.05, 3.63) is 24.3 Å². The first-order valence-electron chi connectivity index (χ1n) is 6.71. The number of para-hydroxylation sites is 1. The Kier molecular flexibility index (Phi) is 6.31. The van der Waals surface area contributed by atoms with Crippen molar-refractivity contribution < 1.29 is 13.5 Å².